The molecule has 0 aliphatic heterocycles. The monoisotopic (exact) mass is 235 g/mol. The maximum Gasteiger partial charge on any atom is 0.304 e. The van der Waals surface area contributed by atoms with Gasteiger partial charge < -0.3 is 5.11 Å². The van der Waals surface area contributed by atoms with Crippen LogP contribution in [0.15, 0.2) is 12.7 Å². The largest absolute Gasteiger partial charge is 0.481 e. The van der Waals surface area contributed by atoms with Crippen LogP contribution < -0.4 is 0 Å². The first kappa shape index (κ1) is 14.1. The molecular weight excluding hydrogens is 218 g/mol. The Hall–Kier alpha value is -0.880. The number of rotatable bonds is 7. The molecule has 0 saturated carbocycles. The van der Waals surface area contributed by atoms with Gasteiger partial charge >= 0.3 is 5.97 Å². The molecule has 88 valence electrons. The average molecular weight is 235 g/mol. The SMILES string of the molecule is C=CCS(=O)(=O)N(CCC(=O)O)C(C)C. The summed E-state index contributed by atoms with van der Waals surface area (Å²) in [6.45, 7) is 6.79. The Morgan fingerprint density at radius 3 is 2.40 bits per heavy atom. The van der Waals surface area contributed by atoms with E-state index in [1.54, 1.807) is 13.8 Å². The van der Waals surface area contributed by atoms with Crippen LogP contribution in [0.25, 0.3) is 0 Å². The fourth-order valence-electron chi connectivity index (χ4n) is 1.17. The summed E-state index contributed by atoms with van der Waals surface area (Å²) in [6.07, 6.45) is 1.11. The van der Waals surface area contributed by atoms with Gasteiger partial charge in [-0.2, -0.15) is 4.31 Å². The molecule has 0 spiro atoms. The molecule has 0 amide bonds. The van der Waals surface area contributed by atoms with Gasteiger partial charge in [0.05, 0.1) is 12.2 Å². The van der Waals surface area contributed by atoms with Crippen molar-refractivity contribution in [2.45, 2.75) is 26.3 Å². The van der Waals surface area contributed by atoms with Crippen LogP contribution in [0.2, 0.25) is 0 Å². The lowest BCUT2D eigenvalue weighted by Crippen LogP contribution is -2.39. The molecule has 0 aliphatic rings. The highest BCUT2D eigenvalue weighted by molar-refractivity contribution is 7.89. The van der Waals surface area contributed by atoms with E-state index in [2.05, 4.69) is 6.58 Å². The Morgan fingerprint density at radius 2 is 2.07 bits per heavy atom. The number of aliphatic carboxylic acids is 1. The molecule has 6 heteroatoms. The van der Waals surface area contributed by atoms with Crippen molar-refractivity contribution >= 4 is 16.0 Å². The zero-order valence-corrected chi connectivity index (χ0v) is 9.83. The van der Waals surface area contributed by atoms with Gasteiger partial charge in [-0.15, -0.1) is 6.58 Å². The zero-order chi connectivity index (χ0) is 12.1. The van der Waals surface area contributed by atoms with Crippen molar-refractivity contribution in [3.8, 4) is 0 Å². The third kappa shape index (κ3) is 4.94. The number of hydrogen-bond donors (Lipinski definition) is 1. The number of carboxylic acids is 1. The summed E-state index contributed by atoms with van der Waals surface area (Å²) in [5.74, 6) is -1.17. The lowest BCUT2D eigenvalue weighted by atomic mass is 10.3. The maximum absolute atomic E-state index is 11.6. The second-order valence-corrected chi connectivity index (χ2v) is 5.38. The number of nitrogens with zero attached hydrogens (tertiary/aromatic N) is 1. The second kappa shape index (κ2) is 5.87. The summed E-state index contributed by atoms with van der Waals surface area (Å²) >= 11 is 0. The van der Waals surface area contributed by atoms with Gasteiger partial charge in [0.2, 0.25) is 10.0 Å². The predicted octanol–water partition coefficient (Wildman–Crippen LogP) is 0.687. The van der Waals surface area contributed by atoms with Crippen LogP contribution >= 0.6 is 0 Å². The van der Waals surface area contributed by atoms with Crippen molar-refractivity contribution in [1.82, 2.24) is 4.31 Å². The summed E-state index contributed by atoms with van der Waals surface area (Å²) in [6, 6.07) is -0.241. The molecule has 0 bridgehead atoms. The molecule has 0 fully saturated rings. The Balaban J connectivity index is 4.66. The second-order valence-electron chi connectivity index (χ2n) is 3.42. The Kier molecular flexibility index (Phi) is 5.53. The highest BCUT2D eigenvalue weighted by Crippen LogP contribution is 2.08. The van der Waals surface area contributed by atoms with Crippen molar-refractivity contribution in [3.05, 3.63) is 12.7 Å². The molecule has 0 aliphatic carbocycles. The quantitative estimate of drug-likeness (QED) is 0.659. The molecule has 0 unspecified atom stereocenters. The van der Waals surface area contributed by atoms with Crippen molar-refractivity contribution < 1.29 is 18.3 Å². The van der Waals surface area contributed by atoms with Crippen molar-refractivity contribution in [2.75, 3.05) is 12.3 Å². The van der Waals surface area contributed by atoms with E-state index in [-0.39, 0.29) is 24.8 Å². The van der Waals surface area contributed by atoms with Gasteiger partial charge in [0, 0.05) is 12.6 Å². The van der Waals surface area contributed by atoms with Gasteiger partial charge in [-0.25, -0.2) is 8.42 Å². The number of carbonyl (C=O) groups is 1. The van der Waals surface area contributed by atoms with E-state index in [1.165, 1.54) is 10.4 Å². The molecule has 0 aromatic carbocycles. The third-order valence-electron chi connectivity index (χ3n) is 1.81. The Bertz CT molecular complexity index is 321. The van der Waals surface area contributed by atoms with Crippen LogP contribution in [-0.2, 0) is 14.8 Å². The van der Waals surface area contributed by atoms with E-state index in [1.807, 2.05) is 0 Å². The predicted molar refractivity (Wildman–Crippen MR) is 58.1 cm³/mol. The Labute approximate surface area is 90.4 Å². The van der Waals surface area contributed by atoms with Gasteiger partial charge in [0.15, 0.2) is 0 Å². The number of carboxylic acid groups (broad SMARTS) is 1. The standard InChI is InChI=1S/C9H17NO4S/c1-4-7-15(13,14)10(8(2)3)6-5-9(11)12/h4,8H,1,5-7H2,2-3H3,(H,11,12). The van der Waals surface area contributed by atoms with Crippen molar-refractivity contribution in [1.29, 1.82) is 0 Å². The van der Waals surface area contributed by atoms with Gasteiger partial charge in [-0.3, -0.25) is 4.79 Å². The van der Waals surface area contributed by atoms with Gasteiger partial charge in [0.25, 0.3) is 0 Å². The molecule has 0 aromatic rings. The van der Waals surface area contributed by atoms with Crippen LogP contribution in [0.5, 0.6) is 0 Å². The summed E-state index contributed by atoms with van der Waals surface area (Å²) in [5.41, 5.74) is 0. The van der Waals surface area contributed by atoms with Crippen LogP contribution in [0.1, 0.15) is 20.3 Å². The smallest absolute Gasteiger partial charge is 0.304 e. The fraction of sp³-hybridized carbons (Fsp3) is 0.667. The summed E-state index contributed by atoms with van der Waals surface area (Å²) in [4.78, 5) is 10.4. The van der Waals surface area contributed by atoms with E-state index in [9.17, 15) is 13.2 Å². The minimum Gasteiger partial charge on any atom is -0.481 e. The molecular formula is C9H17NO4S. The molecule has 15 heavy (non-hydrogen) atoms. The van der Waals surface area contributed by atoms with Crippen molar-refractivity contribution in [2.24, 2.45) is 0 Å². The topological polar surface area (TPSA) is 74.7 Å². The van der Waals surface area contributed by atoms with Crippen LogP contribution in [0, 0.1) is 0 Å². The third-order valence-corrected chi connectivity index (χ3v) is 3.78. The molecule has 5 nitrogen and oxygen atoms in total. The number of hydrogen-bond acceptors (Lipinski definition) is 3. The molecule has 0 atom stereocenters. The van der Waals surface area contributed by atoms with E-state index in [0.29, 0.717) is 0 Å². The zero-order valence-electron chi connectivity index (χ0n) is 9.01. The average Bonchev–Trinajstić information content (AvgIpc) is 2.01. The highest BCUT2D eigenvalue weighted by atomic mass is 32.2. The van der Waals surface area contributed by atoms with E-state index in [0.717, 1.165) is 0 Å². The van der Waals surface area contributed by atoms with Crippen LogP contribution in [0.4, 0.5) is 0 Å². The molecule has 0 radical (unpaired) electrons. The minimum absolute atomic E-state index is 0.00315. The normalized spacial score (nSPS) is 12.0. The first-order chi connectivity index (χ1) is 6.81. The van der Waals surface area contributed by atoms with Crippen LogP contribution in [-0.4, -0.2) is 42.1 Å². The minimum atomic E-state index is -3.42. The number of sulfonamides is 1. The summed E-state index contributed by atoms with van der Waals surface area (Å²) in [7, 11) is -3.42. The van der Waals surface area contributed by atoms with Gasteiger partial charge in [0.1, 0.15) is 0 Å². The van der Waals surface area contributed by atoms with Crippen molar-refractivity contribution in [3.63, 3.8) is 0 Å². The van der Waals surface area contributed by atoms with E-state index >= 15 is 0 Å². The Morgan fingerprint density at radius 1 is 1.53 bits per heavy atom. The van der Waals surface area contributed by atoms with Gasteiger partial charge in [-0.1, -0.05) is 6.08 Å². The fourth-order valence-corrected chi connectivity index (χ4v) is 2.67. The van der Waals surface area contributed by atoms with Crippen LogP contribution in [0.3, 0.4) is 0 Å². The molecule has 1 N–H and O–H groups in total. The molecule has 0 rings (SSSR count). The summed E-state index contributed by atoms with van der Waals surface area (Å²) < 4.78 is 24.5. The first-order valence-corrected chi connectivity index (χ1v) is 6.24. The maximum atomic E-state index is 11.6. The van der Waals surface area contributed by atoms with Gasteiger partial charge in [-0.05, 0) is 13.8 Å². The lowest BCUT2D eigenvalue weighted by Gasteiger charge is -2.24. The highest BCUT2D eigenvalue weighted by Gasteiger charge is 2.23. The van der Waals surface area contributed by atoms with E-state index < -0.39 is 16.0 Å². The lowest BCUT2D eigenvalue weighted by molar-refractivity contribution is -0.137. The molecule has 0 aromatic heterocycles. The summed E-state index contributed by atoms with van der Waals surface area (Å²) in [5, 5.41) is 8.50. The van der Waals surface area contributed by atoms with E-state index in [4.69, 9.17) is 5.11 Å². The molecule has 0 saturated heterocycles. The molecule has 0 heterocycles. The first-order valence-electron chi connectivity index (χ1n) is 4.63.